The predicted octanol–water partition coefficient (Wildman–Crippen LogP) is 3.33. The summed E-state index contributed by atoms with van der Waals surface area (Å²) < 4.78 is 36.4. The number of benzene rings is 2. The second kappa shape index (κ2) is 8.57. The zero-order chi connectivity index (χ0) is 21.2. The van der Waals surface area contributed by atoms with Crippen LogP contribution < -0.4 is 9.46 Å². The molecule has 1 unspecified atom stereocenters. The van der Waals surface area contributed by atoms with Gasteiger partial charge in [0, 0.05) is 36.7 Å². The van der Waals surface area contributed by atoms with Crippen molar-refractivity contribution in [3.05, 3.63) is 59.8 Å². The van der Waals surface area contributed by atoms with Crippen LogP contribution in [0.3, 0.4) is 0 Å². The van der Waals surface area contributed by atoms with E-state index in [1.807, 2.05) is 51.2 Å². The number of likely N-dealkylation sites (N-methyl/N-ethyl adjacent to an activating group) is 1. The Balaban J connectivity index is 1.93. The number of hydrogen-bond donors (Lipinski definition) is 1. The number of aromatic nitrogens is 1. The molecule has 1 heterocycles. The topological polar surface area (TPSA) is 63.6 Å². The first-order valence-corrected chi connectivity index (χ1v) is 11.1. The number of para-hydroxylation sites is 1. The van der Waals surface area contributed by atoms with Crippen LogP contribution in [-0.2, 0) is 23.5 Å². The van der Waals surface area contributed by atoms with Gasteiger partial charge in [-0.05, 0) is 49.8 Å². The van der Waals surface area contributed by atoms with Gasteiger partial charge in [0.2, 0.25) is 10.0 Å². The van der Waals surface area contributed by atoms with Crippen LogP contribution >= 0.6 is 0 Å². The van der Waals surface area contributed by atoms with Crippen LogP contribution in [-0.4, -0.2) is 45.6 Å². The first-order valence-electron chi connectivity index (χ1n) is 9.65. The number of nitrogens with one attached hydrogen (secondary N) is 1. The van der Waals surface area contributed by atoms with Gasteiger partial charge in [0.25, 0.3) is 0 Å². The van der Waals surface area contributed by atoms with Crippen molar-refractivity contribution in [2.75, 3.05) is 27.7 Å². The number of fused-ring (bicyclic) bond motifs is 1. The Hall–Kier alpha value is -2.35. The maximum atomic E-state index is 13.1. The van der Waals surface area contributed by atoms with Crippen LogP contribution in [0.2, 0.25) is 0 Å². The van der Waals surface area contributed by atoms with Crippen molar-refractivity contribution in [1.82, 2.24) is 14.2 Å². The van der Waals surface area contributed by atoms with Gasteiger partial charge in [-0.2, -0.15) is 0 Å². The summed E-state index contributed by atoms with van der Waals surface area (Å²) in [5.41, 5.74) is 3.16. The largest absolute Gasteiger partial charge is 0.495 e. The van der Waals surface area contributed by atoms with E-state index in [9.17, 15) is 8.42 Å². The SMILES string of the molecule is CCc1ccc(OC)c(S(=O)(=O)NCC(c2cn(C)c3ccccc23)N(C)C)c1. The molecular formula is C22H29N3O3S. The number of rotatable bonds is 8. The van der Waals surface area contributed by atoms with Crippen molar-refractivity contribution in [1.29, 1.82) is 0 Å². The van der Waals surface area contributed by atoms with E-state index < -0.39 is 10.0 Å². The fourth-order valence-electron chi connectivity index (χ4n) is 3.63. The van der Waals surface area contributed by atoms with Gasteiger partial charge < -0.3 is 14.2 Å². The highest BCUT2D eigenvalue weighted by molar-refractivity contribution is 7.89. The highest BCUT2D eigenvalue weighted by atomic mass is 32.2. The third-order valence-corrected chi connectivity index (χ3v) is 6.75. The molecule has 156 valence electrons. The van der Waals surface area contributed by atoms with E-state index >= 15 is 0 Å². The molecule has 3 rings (SSSR count). The number of sulfonamides is 1. The number of methoxy groups -OCH3 is 1. The summed E-state index contributed by atoms with van der Waals surface area (Å²) >= 11 is 0. The molecule has 3 aromatic rings. The lowest BCUT2D eigenvalue weighted by molar-refractivity contribution is 0.300. The molecule has 0 amide bonds. The van der Waals surface area contributed by atoms with E-state index in [0.29, 0.717) is 5.75 Å². The molecule has 0 fully saturated rings. The van der Waals surface area contributed by atoms with Crippen molar-refractivity contribution in [3.8, 4) is 5.75 Å². The molecule has 7 heteroatoms. The van der Waals surface area contributed by atoms with Gasteiger partial charge in [0.1, 0.15) is 10.6 Å². The summed E-state index contributed by atoms with van der Waals surface area (Å²) in [6.45, 7) is 2.25. The first kappa shape index (κ1) is 21.4. The van der Waals surface area contributed by atoms with Crippen LogP contribution in [0.4, 0.5) is 0 Å². The standard InChI is InChI=1S/C22H29N3O3S/c1-6-16-11-12-21(28-5)22(13-16)29(26,27)23-14-20(24(2)3)18-15-25(4)19-10-8-7-9-17(18)19/h7-13,15,20,23H,6,14H2,1-5H3. The van der Waals surface area contributed by atoms with Crippen molar-refractivity contribution in [2.24, 2.45) is 7.05 Å². The first-order chi connectivity index (χ1) is 13.8. The Morgan fingerprint density at radius 3 is 2.55 bits per heavy atom. The van der Waals surface area contributed by atoms with Gasteiger partial charge in [-0.3, -0.25) is 0 Å². The Kier molecular flexibility index (Phi) is 6.31. The van der Waals surface area contributed by atoms with Crippen LogP contribution in [0, 0.1) is 0 Å². The van der Waals surface area contributed by atoms with Gasteiger partial charge in [0.05, 0.1) is 7.11 Å². The lowest BCUT2D eigenvalue weighted by Crippen LogP contribution is -2.34. The van der Waals surface area contributed by atoms with Gasteiger partial charge >= 0.3 is 0 Å². The van der Waals surface area contributed by atoms with Crippen molar-refractivity contribution in [2.45, 2.75) is 24.3 Å². The number of nitrogens with zero attached hydrogens (tertiary/aromatic N) is 2. The minimum Gasteiger partial charge on any atom is -0.495 e. The lowest BCUT2D eigenvalue weighted by Gasteiger charge is -2.25. The average molecular weight is 416 g/mol. The number of ether oxygens (including phenoxy) is 1. The lowest BCUT2D eigenvalue weighted by atomic mass is 10.1. The van der Waals surface area contributed by atoms with Crippen LogP contribution in [0.15, 0.2) is 53.6 Å². The van der Waals surface area contributed by atoms with E-state index in [4.69, 9.17) is 4.74 Å². The van der Waals surface area contributed by atoms with E-state index in [1.165, 1.54) is 7.11 Å². The third kappa shape index (κ3) is 4.32. The Bertz CT molecular complexity index is 1100. The van der Waals surface area contributed by atoms with Crippen molar-refractivity contribution in [3.63, 3.8) is 0 Å². The normalized spacial score (nSPS) is 13.2. The number of hydrogen-bond acceptors (Lipinski definition) is 4. The molecule has 0 radical (unpaired) electrons. The van der Waals surface area contributed by atoms with Crippen LogP contribution in [0.5, 0.6) is 5.75 Å². The minimum atomic E-state index is -3.73. The molecular weight excluding hydrogens is 386 g/mol. The van der Waals surface area contributed by atoms with E-state index in [1.54, 1.807) is 12.1 Å². The molecule has 0 saturated carbocycles. The molecule has 1 N–H and O–H groups in total. The fraction of sp³-hybridized carbons (Fsp3) is 0.364. The Labute approximate surface area is 173 Å². The maximum absolute atomic E-state index is 13.1. The molecule has 0 spiro atoms. The van der Waals surface area contributed by atoms with E-state index in [0.717, 1.165) is 28.5 Å². The Morgan fingerprint density at radius 1 is 1.17 bits per heavy atom. The van der Waals surface area contributed by atoms with Crippen LogP contribution in [0.1, 0.15) is 24.1 Å². The quantitative estimate of drug-likeness (QED) is 0.613. The second-order valence-corrected chi connectivity index (χ2v) is 9.12. The molecule has 2 aromatic carbocycles. The molecule has 0 saturated heterocycles. The minimum absolute atomic E-state index is 0.115. The Morgan fingerprint density at radius 2 is 1.90 bits per heavy atom. The monoisotopic (exact) mass is 415 g/mol. The molecule has 6 nitrogen and oxygen atoms in total. The zero-order valence-corrected chi connectivity index (χ0v) is 18.5. The second-order valence-electron chi connectivity index (χ2n) is 7.38. The zero-order valence-electron chi connectivity index (χ0n) is 17.6. The van der Waals surface area contributed by atoms with Gasteiger partial charge in [-0.25, -0.2) is 13.1 Å². The van der Waals surface area contributed by atoms with Gasteiger partial charge in [-0.1, -0.05) is 31.2 Å². The van der Waals surface area contributed by atoms with Crippen molar-refractivity contribution >= 4 is 20.9 Å². The van der Waals surface area contributed by atoms with Gasteiger partial charge in [-0.15, -0.1) is 0 Å². The maximum Gasteiger partial charge on any atom is 0.244 e. The molecule has 0 aliphatic carbocycles. The highest BCUT2D eigenvalue weighted by Crippen LogP contribution is 2.30. The van der Waals surface area contributed by atoms with E-state index in [2.05, 4.69) is 27.6 Å². The van der Waals surface area contributed by atoms with Crippen molar-refractivity contribution < 1.29 is 13.2 Å². The van der Waals surface area contributed by atoms with E-state index in [-0.39, 0.29) is 17.5 Å². The fourth-order valence-corrected chi connectivity index (χ4v) is 4.88. The summed E-state index contributed by atoms with van der Waals surface area (Å²) in [6, 6.07) is 13.3. The summed E-state index contributed by atoms with van der Waals surface area (Å²) in [5.74, 6) is 0.348. The predicted molar refractivity (Wildman–Crippen MR) is 117 cm³/mol. The summed E-state index contributed by atoms with van der Waals surface area (Å²) in [5, 5.41) is 1.12. The molecule has 0 aliphatic heterocycles. The summed E-state index contributed by atoms with van der Waals surface area (Å²) in [6.07, 6.45) is 2.82. The smallest absolute Gasteiger partial charge is 0.244 e. The van der Waals surface area contributed by atoms with Gasteiger partial charge in [0.15, 0.2) is 0 Å². The van der Waals surface area contributed by atoms with Crippen LogP contribution in [0.25, 0.3) is 10.9 Å². The summed E-state index contributed by atoms with van der Waals surface area (Å²) in [4.78, 5) is 2.21. The average Bonchev–Trinajstić information content (AvgIpc) is 3.04. The number of aryl methyl sites for hydroxylation is 2. The highest BCUT2D eigenvalue weighted by Gasteiger charge is 2.25. The molecule has 29 heavy (non-hydrogen) atoms. The third-order valence-electron chi connectivity index (χ3n) is 5.30. The molecule has 0 aliphatic rings. The molecule has 0 bridgehead atoms. The molecule has 1 aromatic heterocycles. The summed E-state index contributed by atoms with van der Waals surface area (Å²) in [7, 11) is 3.68. The molecule has 1 atom stereocenters.